The summed E-state index contributed by atoms with van der Waals surface area (Å²) in [5.74, 6) is -0.335. The number of carbonyl (C=O) groups excluding carboxylic acids is 2. The highest BCUT2D eigenvalue weighted by Gasteiger charge is 2.34. The monoisotopic (exact) mass is 605 g/mol. The van der Waals surface area contributed by atoms with E-state index in [1.165, 1.54) is 4.90 Å². The predicted octanol–water partition coefficient (Wildman–Crippen LogP) is 5.25. The van der Waals surface area contributed by atoms with Gasteiger partial charge in [0.15, 0.2) is 0 Å². The number of benzene rings is 3. The lowest BCUT2D eigenvalue weighted by atomic mass is 9.94. The number of anilines is 1. The highest BCUT2D eigenvalue weighted by atomic mass is 32.2. The smallest absolute Gasteiger partial charge is 0.244 e. The number of aryl methyl sites for hydroxylation is 1. The Hall–Kier alpha value is -3.85. The van der Waals surface area contributed by atoms with E-state index in [-0.39, 0.29) is 24.2 Å². The molecule has 0 aliphatic heterocycles. The Kier molecular flexibility index (Phi) is 11.2. The van der Waals surface area contributed by atoms with Crippen molar-refractivity contribution in [2.24, 2.45) is 0 Å². The fraction of sp³-hybridized carbons (Fsp3) is 0.412. The molecule has 1 aliphatic carbocycles. The minimum absolute atomic E-state index is 0.0569. The number of rotatable bonds is 13. The SMILES string of the molecule is CCOc1ccccc1N(CC(=O)N(Cc1ccc(C)cc1)[C@H](Cc1ccccc1)C(=O)NC1CCCCC1)S(C)(=O)=O. The highest BCUT2D eigenvalue weighted by molar-refractivity contribution is 7.92. The second-order valence-corrected chi connectivity index (χ2v) is 13.1. The maximum atomic E-state index is 14.3. The third kappa shape index (κ3) is 9.07. The minimum atomic E-state index is -3.89. The zero-order valence-corrected chi connectivity index (χ0v) is 26.2. The minimum Gasteiger partial charge on any atom is -0.492 e. The Morgan fingerprint density at radius 3 is 2.21 bits per heavy atom. The average Bonchev–Trinajstić information content (AvgIpc) is 2.99. The third-order valence-corrected chi connectivity index (χ3v) is 8.94. The second-order valence-electron chi connectivity index (χ2n) is 11.2. The highest BCUT2D eigenvalue weighted by Crippen LogP contribution is 2.30. The Balaban J connectivity index is 1.73. The molecule has 0 heterocycles. The molecule has 1 N–H and O–H groups in total. The van der Waals surface area contributed by atoms with Gasteiger partial charge >= 0.3 is 0 Å². The number of para-hydroxylation sites is 2. The van der Waals surface area contributed by atoms with Crippen molar-refractivity contribution in [3.8, 4) is 5.75 Å². The Labute approximate surface area is 256 Å². The van der Waals surface area contributed by atoms with E-state index < -0.39 is 28.5 Å². The summed E-state index contributed by atoms with van der Waals surface area (Å²) >= 11 is 0. The van der Waals surface area contributed by atoms with Gasteiger partial charge < -0.3 is 15.0 Å². The number of sulfonamides is 1. The Morgan fingerprint density at radius 2 is 1.56 bits per heavy atom. The first-order valence-corrected chi connectivity index (χ1v) is 16.9. The molecule has 0 saturated heterocycles. The summed E-state index contributed by atoms with van der Waals surface area (Å²) in [7, 11) is -3.89. The summed E-state index contributed by atoms with van der Waals surface area (Å²) in [6, 6.07) is 23.4. The lowest BCUT2D eigenvalue weighted by molar-refractivity contribution is -0.140. The van der Waals surface area contributed by atoms with E-state index >= 15 is 0 Å². The molecule has 2 amide bonds. The molecule has 43 heavy (non-hydrogen) atoms. The van der Waals surface area contributed by atoms with Gasteiger partial charge in [-0.2, -0.15) is 0 Å². The maximum Gasteiger partial charge on any atom is 0.244 e. The van der Waals surface area contributed by atoms with Crippen LogP contribution in [0.4, 0.5) is 5.69 Å². The van der Waals surface area contributed by atoms with Crippen molar-refractivity contribution >= 4 is 27.5 Å². The average molecular weight is 606 g/mol. The number of carbonyl (C=O) groups is 2. The molecule has 1 aliphatic rings. The zero-order valence-electron chi connectivity index (χ0n) is 25.4. The van der Waals surface area contributed by atoms with Gasteiger partial charge in [0.1, 0.15) is 18.3 Å². The fourth-order valence-electron chi connectivity index (χ4n) is 5.52. The molecular formula is C34H43N3O5S. The summed E-state index contributed by atoms with van der Waals surface area (Å²) in [6.07, 6.45) is 6.46. The van der Waals surface area contributed by atoms with Crippen molar-refractivity contribution in [2.75, 3.05) is 23.7 Å². The molecular weight excluding hydrogens is 562 g/mol. The number of ether oxygens (including phenoxy) is 1. The largest absolute Gasteiger partial charge is 0.492 e. The molecule has 1 atom stereocenters. The van der Waals surface area contributed by atoms with Crippen LogP contribution in [0.25, 0.3) is 0 Å². The van der Waals surface area contributed by atoms with E-state index in [0.717, 1.165) is 59.4 Å². The van der Waals surface area contributed by atoms with E-state index in [2.05, 4.69) is 5.32 Å². The second kappa shape index (κ2) is 15.0. The van der Waals surface area contributed by atoms with Crippen LogP contribution >= 0.6 is 0 Å². The Bertz CT molecular complexity index is 1450. The number of hydrogen-bond donors (Lipinski definition) is 1. The topological polar surface area (TPSA) is 96.0 Å². The summed E-state index contributed by atoms with van der Waals surface area (Å²) in [5, 5.41) is 3.23. The van der Waals surface area contributed by atoms with Gasteiger partial charge in [-0.25, -0.2) is 8.42 Å². The van der Waals surface area contributed by atoms with Crippen LogP contribution in [0.5, 0.6) is 5.75 Å². The maximum absolute atomic E-state index is 14.3. The quantitative estimate of drug-likeness (QED) is 0.287. The van der Waals surface area contributed by atoms with Crippen molar-refractivity contribution in [3.63, 3.8) is 0 Å². The summed E-state index contributed by atoms with van der Waals surface area (Å²) in [4.78, 5) is 29.9. The summed E-state index contributed by atoms with van der Waals surface area (Å²) in [6.45, 7) is 3.82. The first-order valence-electron chi connectivity index (χ1n) is 15.0. The first kappa shape index (κ1) is 32.1. The lowest BCUT2D eigenvalue weighted by Crippen LogP contribution is -2.55. The molecule has 0 bridgehead atoms. The van der Waals surface area contributed by atoms with Crippen LogP contribution in [0.2, 0.25) is 0 Å². The fourth-order valence-corrected chi connectivity index (χ4v) is 6.38. The number of nitrogens with one attached hydrogen (secondary N) is 1. The van der Waals surface area contributed by atoms with Gasteiger partial charge in [-0.15, -0.1) is 0 Å². The summed E-state index contributed by atoms with van der Waals surface area (Å²) in [5.41, 5.74) is 3.12. The molecule has 0 unspecified atom stereocenters. The van der Waals surface area contributed by atoms with Crippen molar-refractivity contribution in [3.05, 3.63) is 95.6 Å². The van der Waals surface area contributed by atoms with E-state index in [9.17, 15) is 18.0 Å². The number of nitrogens with zero attached hydrogens (tertiary/aromatic N) is 2. The Morgan fingerprint density at radius 1 is 0.907 bits per heavy atom. The van der Waals surface area contributed by atoms with Crippen LogP contribution in [0, 0.1) is 6.92 Å². The van der Waals surface area contributed by atoms with E-state index in [0.29, 0.717) is 18.8 Å². The molecule has 0 spiro atoms. The van der Waals surface area contributed by atoms with Gasteiger partial charge in [0.2, 0.25) is 21.8 Å². The van der Waals surface area contributed by atoms with E-state index in [1.807, 2.05) is 68.4 Å². The van der Waals surface area contributed by atoms with Gasteiger partial charge in [0.25, 0.3) is 0 Å². The van der Waals surface area contributed by atoms with Crippen LogP contribution in [0.15, 0.2) is 78.9 Å². The zero-order chi connectivity index (χ0) is 30.8. The van der Waals surface area contributed by atoms with Crippen molar-refractivity contribution in [1.29, 1.82) is 0 Å². The first-order chi connectivity index (χ1) is 20.7. The molecule has 1 fully saturated rings. The van der Waals surface area contributed by atoms with Gasteiger partial charge in [0, 0.05) is 19.0 Å². The number of hydrogen-bond acceptors (Lipinski definition) is 5. The van der Waals surface area contributed by atoms with Crippen molar-refractivity contribution in [2.45, 2.75) is 71.0 Å². The molecule has 230 valence electrons. The lowest BCUT2D eigenvalue weighted by Gasteiger charge is -2.35. The predicted molar refractivity (Wildman–Crippen MR) is 170 cm³/mol. The molecule has 0 radical (unpaired) electrons. The van der Waals surface area contributed by atoms with E-state index in [1.54, 1.807) is 24.3 Å². The van der Waals surface area contributed by atoms with Crippen LogP contribution in [-0.4, -0.2) is 56.6 Å². The van der Waals surface area contributed by atoms with Gasteiger partial charge in [0.05, 0.1) is 18.6 Å². The van der Waals surface area contributed by atoms with Crippen LogP contribution < -0.4 is 14.4 Å². The van der Waals surface area contributed by atoms with Gasteiger partial charge in [-0.1, -0.05) is 91.6 Å². The summed E-state index contributed by atoms with van der Waals surface area (Å²) < 4.78 is 33.0. The van der Waals surface area contributed by atoms with Gasteiger partial charge in [-0.3, -0.25) is 13.9 Å². The number of amides is 2. The third-order valence-electron chi connectivity index (χ3n) is 7.81. The van der Waals surface area contributed by atoms with Crippen LogP contribution in [0.1, 0.15) is 55.7 Å². The molecule has 3 aromatic carbocycles. The van der Waals surface area contributed by atoms with Crippen molar-refractivity contribution in [1.82, 2.24) is 10.2 Å². The normalized spacial score (nSPS) is 14.5. The van der Waals surface area contributed by atoms with E-state index in [4.69, 9.17) is 4.74 Å². The van der Waals surface area contributed by atoms with Crippen LogP contribution in [0.3, 0.4) is 0 Å². The van der Waals surface area contributed by atoms with Crippen LogP contribution in [-0.2, 0) is 32.6 Å². The molecule has 3 aromatic rings. The van der Waals surface area contributed by atoms with Gasteiger partial charge in [-0.05, 0) is 49.9 Å². The molecule has 4 rings (SSSR count). The molecule has 0 aromatic heterocycles. The molecule has 9 heteroatoms. The van der Waals surface area contributed by atoms with Crippen molar-refractivity contribution < 1.29 is 22.7 Å². The molecule has 1 saturated carbocycles. The molecule has 8 nitrogen and oxygen atoms in total. The standard InChI is InChI=1S/C34H43N3O5S/c1-4-42-32-18-12-11-17-30(32)37(43(3,40)41)25-33(38)36(24-28-21-19-26(2)20-22-28)31(23-27-13-7-5-8-14-27)34(39)35-29-15-9-6-10-16-29/h5,7-8,11-14,17-22,29,31H,4,6,9-10,15-16,23-25H2,1-3H3,(H,35,39)/t31-/m1/s1.